The molecule has 0 spiro atoms. The number of pyridine rings is 1. The van der Waals surface area contributed by atoms with E-state index in [1.165, 1.54) is 11.1 Å². The van der Waals surface area contributed by atoms with Gasteiger partial charge in [-0.1, -0.05) is 91.9 Å². The van der Waals surface area contributed by atoms with E-state index in [1.807, 2.05) is 66.9 Å². The first-order valence-corrected chi connectivity index (χ1v) is 12.3. The van der Waals surface area contributed by atoms with Crippen LogP contribution in [0, 0.1) is 0 Å². The molecule has 0 amide bonds. The fourth-order valence-corrected chi connectivity index (χ4v) is 4.49. The van der Waals surface area contributed by atoms with E-state index in [9.17, 15) is 14.7 Å². The Balaban J connectivity index is 1.54. The van der Waals surface area contributed by atoms with Gasteiger partial charge in [-0.15, -0.1) is 0 Å². The first-order valence-electron chi connectivity index (χ1n) is 12.3. The zero-order valence-electron chi connectivity index (χ0n) is 20.4. The van der Waals surface area contributed by atoms with Crippen molar-refractivity contribution < 1.29 is 14.6 Å². The molecule has 0 aliphatic rings. The second-order valence-corrected chi connectivity index (χ2v) is 8.81. The van der Waals surface area contributed by atoms with E-state index in [-0.39, 0.29) is 11.5 Å². The van der Waals surface area contributed by atoms with Gasteiger partial charge in [-0.3, -0.25) is 4.79 Å². The highest BCUT2D eigenvalue weighted by atomic mass is 16.5. The van der Waals surface area contributed by atoms with Crippen molar-refractivity contribution in [3.63, 3.8) is 0 Å². The molecular weight excluding hydrogens is 450 g/mol. The van der Waals surface area contributed by atoms with Crippen LogP contribution in [0.25, 0.3) is 0 Å². The van der Waals surface area contributed by atoms with E-state index in [4.69, 9.17) is 4.74 Å². The molecule has 4 rings (SSSR count). The van der Waals surface area contributed by atoms with Crippen LogP contribution in [0.3, 0.4) is 0 Å². The Bertz CT molecular complexity index is 1290. The number of nitrogens with zero attached hydrogens (tertiary/aromatic N) is 1. The lowest BCUT2D eigenvalue weighted by Gasteiger charge is -2.20. The zero-order chi connectivity index (χ0) is 25.3. The zero-order valence-corrected chi connectivity index (χ0v) is 20.4. The van der Waals surface area contributed by atoms with Crippen LogP contribution >= 0.6 is 0 Å². The van der Waals surface area contributed by atoms with Crippen LogP contribution in [0.5, 0.6) is 5.75 Å². The van der Waals surface area contributed by atoms with Crippen molar-refractivity contribution in [1.82, 2.24) is 4.57 Å². The molecule has 0 aliphatic carbocycles. The van der Waals surface area contributed by atoms with Gasteiger partial charge in [0, 0.05) is 24.7 Å². The fourth-order valence-electron chi connectivity index (χ4n) is 4.49. The van der Waals surface area contributed by atoms with Crippen molar-refractivity contribution in [3.8, 4) is 5.75 Å². The minimum absolute atomic E-state index is 0.0235. The van der Waals surface area contributed by atoms with Crippen LogP contribution in [0.15, 0.2) is 108 Å². The second kappa shape index (κ2) is 12.0. The van der Waals surface area contributed by atoms with Gasteiger partial charge >= 0.3 is 5.97 Å². The Morgan fingerprint density at radius 3 is 2.06 bits per heavy atom. The highest BCUT2D eigenvalue weighted by Crippen LogP contribution is 2.31. The van der Waals surface area contributed by atoms with Gasteiger partial charge in [0.25, 0.3) is 5.56 Å². The van der Waals surface area contributed by atoms with Crippen LogP contribution in [-0.2, 0) is 17.8 Å². The molecule has 1 N–H and O–H groups in total. The van der Waals surface area contributed by atoms with Crippen LogP contribution in [-0.4, -0.2) is 21.7 Å². The normalized spacial score (nSPS) is 11.8. The Labute approximate surface area is 211 Å². The second-order valence-electron chi connectivity index (χ2n) is 8.81. The molecule has 0 bridgehead atoms. The molecule has 184 valence electrons. The lowest BCUT2D eigenvalue weighted by Crippen LogP contribution is -2.26. The third-order valence-electron chi connectivity index (χ3n) is 6.34. The Hall–Kier alpha value is -4.12. The van der Waals surface area contributed by atoms with Gasteiger partial charge in [-0.05, 0) is 47.6 Å². The maximum Gasteiger partial charge on any atom is 0.344 e. The molecule has 5 nitrogen and oxygen atoms in total. The molecular formula is C31H31NO4. The number of aromatic nitrogens is 1. The summed E-state index contributed by atoms with van der Waals surface area (Å²) >= 11 is 0. The summed E-state index contributed by atoms with van der Waals surface area (Å²) < 4.78 is 7.53. The molecule has 5 heteroatoms. The number of carboxylic acid groups (broad SMARTS) is 1. The summed E-state index contributed by atoms with van der Waals surface area (Å²) in [5.41, 5.74) is 4.30. The molecule has 1 aromatic heterocycles. The van der Waals surface area contributed by atoms with Crippen molar-refractivity contribution in [1.29, 1.82) is 0 Å². The molecule has 0 aliphatic heterocycles. The SMILES string of the molecule is CCC(Oc1ccccc1CCCn1cc(C(c2ccccc2)c2ccccc2)ccc1=O)C(=O)O. The molecule has 1 atom stereocenters. The predicted octanol–water partition coefficient (Wildman–Crippen LogP) is 5.90. The minimum atomic E-state index is -0.970. The summed E-state index contributed by atoms with van der Waals surface area (Å²) in [6.45, 7) is 2.34. The maximum atomic E-state index is 12.7. The van der Waals surface area contributed by atoms with Gasteiger partial charge in [-0.25, -0.2) is 4.79 Å². The van der Waals surface area contributed by atoms with Gasteiger partial charge in [0.2, 0.25) is 0 Å². The average Bonchev–Trinajstić information content (AvgIpc) is 2.91. The van der Waals surface area contributed by atoms with Gasteiger partial charge < -0.3 is 14.4 Å². The molecule has 36 heavy (non-hydrogen) atoms. The van der Waals surface area contributed by atoms with Crippen molar-refractivity contribution in [2.24, 2.45) is 0 Å². The molecule has 0 saturated carbocycles. The number of benzene rings is 3. The number of aryl methyl sites for hydroxylation is 2. The molecule has 3 aromatic carbocycles. The Morgan fingerprint density at radius 2 is 1.44 bits per heavy atom. The van der Waals surface area contributed by atoms with Gasteiger partial charge in [0.1, 0.15) is 5.75 Å². The van der Waals surface area contributed by atoms with E-state index in [1.54, 1.807) is 23.6 Å². The summed E-state index contributed by atoms with van der Waals surface area (Å²) in [5, 5.41) is 9.35. The van der Waals surface area contributed by atoms with Crippen LogP contribution in [0.1, 0.15) is 47.9 Å². The molecule has 1 heterocycles. The monoisotopic (exact) mass is 481 g/mol. The minimum Gasteiger partial charge on any atom is -0.479 e. The summed E-state index contributed by atoms with van der Waals surface area (Å²) in [4.78, 5) is 24.1. The summed E-state index contributed by atoms with van der Waals surface area (Å²) in [6.07, 6.45) is 2.86. The van der Waals surface area contributed by atoms with Crippen LogP contribution < -0.4 is 10.3 Å². The first-order chi connectivity index (χ1) is 17.6. The molecule has 4 aromatic rings. The van der Waals surface area contributed by atoms with E-state index in [0.717, 1.165) is 17.5 Å². The number of aliphatic carboxylic acids is 1. The standard InChI is InChI=1S/C31H31NO4/c1-2-27(31(34)35)36-28-18-10-9-12-23(28)17-11-21-32-22-26(19-20-29(32)33)30(24-13-5-3-6-14-24)25-15-7-4-8-16-25/h3-10,12-16,18-20,22,27,30H,2,11,17,21H2,1H3,(H,34,35). The number of carboxylic acids is 1. The van der Waals surface area contributed by atoms with Crippen molar-refractivity contribution in [2.75, 3.05) is 0 Å². The van der Waals surface area contributed by atoms with Crippen molar-refractivity contribution in [3.05, 3.63) is 136 Å². The molecule has 0 fully saturated rings. The Morgan fingerprint density at radius 1 is 0.833 bits per heavy atom. The lowest BCUT2D eigenvalue weighted by atomic mass is 9.86. The van der Waals surface area contributed by atoms with Gasteiger partial charge in [0.15, 0.2) is 6.10 Å². The van der Waals surface area contributed by atoms with E-state index < -0.39 is 12.1 Å². The van der Waals surface area contributed by atoms with Gasteiger partial charge in [-0.2, -0.15) is 0 Å². The number of hydrogen-bond donors (Lipinski definition) is 1. The molecule has 1 unspecified atom stereocenters. The summed E-state index contributed by atoms with van der Waals surface area (Å²) in [6, 6.07) is 31.7. The quantitative estimate of drug-likeness (QED) is 0.289. The summed E-state index contributed by atoms with van der Waals surface area (Å²) in [7, 11) is 0. The van der Waals surface area contributed by atoms with Gasteiger partial charge in [0.05, 0.1) is 0 Å². The number of carbonyl (C=O) groups is 1. The average molecular weight is 482 g/mol. The maximum absolute atomic E-state index is 12.7. The van der Waals surface area contributed by atoms with Crippen molar-refractivity contribution in [2.45, 2.75) is 44.8 Å². The lowest BCUT2D eigenvalue weighted by molar-refractivity contribution is -0.145. The highest BCUT2D eigenvalue weighted by molar-refractivity contribution is 5.72. The highest BCUT2D eigenvalue weighted by Gasteiger charge is 2.19. The third-order valence-corrected chi connectivity index (χ3v) is 6.34. The van der Waals surface area contributed by atoms with E-state index in [0.29, 0.717) is 25.1 Å². The largest absolute Gasteiger partial charge is 0.479 e. The van der Waals surface area contributed by atoms with Crippen LogP contribution in [0.4, 0.5) is 0 Å². The Kier molecular flexibility index (Phi) is 8.35. The smallest absolute Gasteiger partial charge is 0.344 e. The summed E-state index contributed by atoms with van der Waals surface area (Å²) in [5.74, 6) is -0.363. The molecule has 0 radical (unpaired) electrons. The third kappa shape index (κ3) is 6.11. The number of rotatable bonds is 11. The van der Waals surface area contributed by atoms with Crippen molar-refractivity contribution >= 4 is 5.97 Å². The first kappa shape index (κ1) is 25.0. The van der Waals surface area contributed by atoms with E-state index in [2.05, 4.69) is 24.3 Å². The fraction of sp³-hybridized carbons (Fsp3) is 0.226. The van der Waals surface area contributed by atoms with Crippen LogP contribution in [0.2, 0.25) is 0 Å². The predicted molar refractivity (Wildman–Crippen MR) is 142 cm³/mol. The topological polar surface area (TPSA) is 68.5 Å². The number of hydrogen-bond acceptors (Lipinski definition) is 3. The van der Waals surface area contributed by atoms with E-state index >= 15 is 0 Å². The number of ether oxygens (including phenoxy) is 1. The molecule has 0 saturated heterocycles. The number of para-hydroxylation sites is 1.